The normalized spacial score (nSPS) is 41.5. The molecule has 1 amide bonds. The highest BCUT2D eigenvalue weighted by Gasteiger charge is 2.72. The van der Waals surface area contributed by atoms with Crippen LogP contribution in [-0.4, -0.2) is 27.5 Å². The number of ether oxygens (including phenoxy) is 1. The summed E-state index contributed by atoms with van der Waals surface area (Å²) in [4.78, 5) is 14.8. The molecule has 4 heteroatoms. The molecule has 4 rings (SSSR count). The Morgan fingerprint density at radius 2 is 2.05 bits per heavy atom. The number of nitrogens with zero attached hydrogens (tertiary/aromatic N) is 1. The van der Waals surface area contributed by atoms with Gasteiger partial charge < -0.3 is 9.64 Å². The van der Waals surface area contributed by atoms with Crippen LogP contribution in [0.3, 0.4) is 0 Å². The third-order valence-electron chi connectivity index (χ3n) is 4.79. The predicted octanol–water partition coefficient (Wildman–Crippen LogP) is 2.86. The first-order chi connectivity index (χ1) is 9.47. The van der Waals surface area contributed by atoms with Crippen LogP contribution in [0.1, 0.15) is 18.9 Å². The number of likely N-dealkylation sites (tertiary alicyclic amines) is 1. The maximum Gasteiger partial charge on any atom is 0.259 e. The van der Waals surface area contributed by atoms with Crippen LogP contribution in [0.5, 0.6) is 0 Å². The highest BCUT2D eigenvalue weighted by molar-refractivity contribution is 9.10. The first kappa shape index (κ1) is 12.6. The molecule has 104 valence electrons. The van der Waals surface area contributed by atoms with Gasteiger partial charge in [-0.1, -0.05) is 37.3 Å². The Labute approximate surface area is 126 Å². The van der Waals surface area contributed by atoms with Crippen molar-refractivity contribution in [1.82, 2.24) is 4.90 Å². The van der Waals surface area contributed by atoms with Crippen LogP contribution in [0, 0.1) is 5.41 Å². The lowest BCUT2D eigenvalue weighted by atomic mass is 9.72. The number of amides is 1. The van der Waals surface area contributed by atoms with Gasteiger partial charge >= 0.3 is 0 Å². The molecule has 3 aliphatic rings. The van der Waals surface area contributed by atoms with Gasteiger partial charge in [0.05, 0.1) is 0 Å². The molecule has 1 aromatic rings. The number of hydrogen-bond donors (Lipinski definition) is 0. The van der Waals surface area contributed by atoms with Crippen LogP contribution in [0.25, 0.3) is 0 Å². The zero-order chi connectivity index (χ0) is 14.0. The molecule has 1 aromatic carbocycles. The van der Waals surface area contributed by atoms with Crippen molar-refractivity contribution in [2.45, 2.75) is 30.0 Å². The largest absolute Gasteiger partial charge is 0.339 e. The second-order valence-corrected chi connectivity index (χ2v) is 7.68. The molecule has 2 saturated heterocycles. The smallest absolute Gasteiger partial charge is 0.259 e. The number of halogens is 1. The molecule has 0 saturated carbocycles. The highest BCUT2D eigenvalue weighted by Crippen LogP contribution is 2.63. The number of carbonyl (C=O) groups excluding carboxylic acids is 1. The first-order valence-corrected chi connectivity index (χ1v) is 7.69. The number of benzene rings is 1. The maximum atomic E-state index is 12.8. The average Bonchev–Trinajstić information content (AvgIpc) is 2.93. The zero-order valence-electron chi connectivity index (χ0n) is 11.3. The van der Waals surface area contributed by atoms with Crippen molar-refractivity contribution >= 4 is 21.8 Å². The minimum Gasteiger partial charge on any atom is -0.339 e. The Bertz CT molecular complexity index is 616. The van der Waals surface area contributed by atoms with Gasteiger partial charge in [-0.05, 0) is 33.6 Å². The number of rotatable bonds is 2. The van der Waals surface area contributed by atoms with Gasteiger partial charge in [-0.15, -0.1) is 0 Å². The summed E-state index contributed by atoms with van der Waals surface area (Å²) < 4.78 is 5.63. The van der Waals surface area contributed by atoms with E-state index >= 15 is 0 Å². The Balaban J connectivity index is 1.65. The van der Waals surface area contributed by atoms with Crippen molar-refractivity contribution in [1.29, 1.82) is 0 Å². The predicted molar refractivity (Wildman–Crippen MR) is 79.2 cm³/mol. The summed E-state index contributed by atoms with van der Waals surface area (Å²) in [5.41, 5.74) is 0.260. The Hall–Kier alpha value is -1.13. The van der Waals surface area contributed by atoms with E-state index in [1.165, 1.54) is 0 Å². The van der Waals surface area contributed by atoms with E-state index < -0.39 is 10.1 Å². The van der Waals surface area contributed by atoms with Crippen LogP contribution in [-0.2, 0) is 16.1 Å². The highest BCUT2D eigenvalue weighted by atomic mass is 79.9. The van der Waals surface area contributed by atoms with Crippen LogP contribution in [0.4, 0.5) is 0 Å². The molecule has 0 unspecified atom stereocenters. The summed E-state index contributed by atoms with van der Waals surface area (Å²) >= 11 is 3.61. The topological polar surface area (TPSA) is 29.5 Å². The molecular weight excluding hydrogens is 318 g/mol. The molecular formula is C16H16BrNO2. The molecule has 20 heavy (non-hydrogen) atoms. The van der Waals surface area contributed by atoms with Gasteiger partial charge in [0.2, 0.25) is 0 Å². The minimum absolute atomic E-state index is 0.0962. The fraction of sp³-hybridized carbons (Fsp3) is 0.438. The van der Waals surface area contributed by atoms with Crippen LogP contribution >= 0.6 is 15.9 Å². The van der Waals surface area contributed by atoms with Crippen molar-refractivity contribution in [3.63, 3.8) is 0 Å². The standard InChI is InChI=1S/C16H16BrNO2/c1-14-10-15(17)7-8-16(14,20-15)13(19)18(11-14)9-12-5-3-2-4-6-12/h2-8H,9-11H2,1H3/t14-,15-,16+/m1/s1. The number of hydrogen-bond acceptors (Lipinski definition) is 2. The maximum absolute atomic E-state index is 12.8. The molecule has 0 aromatic heterocycles. The van der Waals surface area contributed by atoms with Gasteiger partial charge in [0.25, 0.3) is 5.91 Å². The van der Waals surface area contributed by atoms with Crippen LogP contribution in [0.2, 0.25) is 0 Å². The van der Waals surface area contributed by atoms with Crippen molar-refractivity contribution in [2.75, 3.05) is 6.54 Å². The molecule has 0 radical (unpaired) electrons. The lowest BCUT2D eigenvalue weighted by molar-refractivity contribution is -0.144. The van der Waals surface area contributed by atoms with E-state index in [1.54, 1.807) is 0 Å². The van der Waals surface area contributed by atoms with Crippen molar-refractivity contribution in [2.24, 2.45) is 5.41 Å². The average molecular weight is 334 g/mol. The van der Waals surface area contributed by atoms with Crippen molar-refractivity contribution < 1.29 is 9.53 Å². The molecule has 0 aliphatic carbocycles. The Morgan fingerprint density at radius 3 is 2.70 bits per heavy atom. The number of fused-ring (bicyclic) bond motifs is 1. The van der Waals surface area contributed by atoms with E-state index in [2.05, 4.69) is 35.0 Å². The van der Waals surface area contributed by atoms with E-state index in [1.807, 2.05) is 35.3 Å². The summed E-state index contributed by atoms with van der Waals surface area (Å²) in [7, 11) is 0. The summed E-state index contributed by atoms with van der Waals surface area (Å²) in [6.45, 7) is 3.56. The second-order valence-electron chi connectivity index (χ2n) is 6.34. The van der Waals surface area contributed by atoms with Gasteiger partial charge in [0.1, 0.15) is 4.51 Å². The van der Waals surface area contributed by atoms with E-state index in [0.717, 1.165) is 18.5 Å². The summed E-state index contributed by atoms with van der Waals surface area (Å²) in [6, 6.07) is 10.1. The summed E-state index contributed by atoms with van der Waals surface area (Å²) in [6.07, 6.45) is 4.78. The van der Waals surface area contributed by atoms with Gasteiger partial charge in [0, 0.05) is 24.9 Å². The van der Waals surface area contributed by atoms with E-state index in [4.69, 9.17) is 4.74 Å². The minimum atomic E-state index is -0.759. The van der Waals surface area contributed by atoms with E-state index in [-0.39, 0.29) is 11.3 Å². The summed E-state index contributed by atoms with van der Waals surface area (Å²) in [5.74, 6) is 0.0962. The van der Waals surface area contributed by atoms with Crippen LogP contribution in [0.15, 0.2) is 42.5 Å². The number of carbonyl (C=O) groups is 1. The fourth-order valence-electron chi connectivity index (χ4n) is 3.87. The van der Waals surface area contributed by atoms with E-state index in [9.17, 15) is 4.79 Å². The fourth-order valence-corrected chi connectivity index (χ4v) is 4.87. The lowest BCUT2D eigenvalue weighted by Gasteiger charge is -2.29. The van der Waals surface area contributed by atoms with Gasteiger partial charge in [-0.25, -0.2) is 0 Å². The molecule has 2 fully saturated rings. The quantitative estimate of drug-likeness (QED) is 0.615. The number of alkyl halides is 1. The molecule has 0 N–H and O–H groups in total. The SMILES string of the molecule is C[C@@]12CN(Cc3ccccc3)C(=O)[C@@]13C=C[C@](Br)(C2)O3. The third-order valence-corrected chi connectivity index (χ3v) is 5.49. The molecule has 3 nitrogen and oxygen atoms in total. The monoisotopic (exact) mass is 333 g/mol. The molecule has 1 spiro atoms. The van der Waals surface area contributed by atoms with Crippen molar-refractivity contribution in [3.05, 3.63) is 48.0 Å². The zero-order valence-corrected chi connectivity index (χ0v) is 12.9. The molecule has 3 atom stereocenters. The Morgan fingerprint density at radius 1 is 1.30 bits per heavy atom. The Kier molecular flexibility index (Phi) is 2.36. The van der Waals surface area contributed by atoms with Crippen molar-refractivity contribution in [3.8, 4) is 0 Å². The van der Waals surface area contributed by atoms with Crippen LogP contribution < -0.4 is 0 Å². The van der Waals surface area contributed by atoms with Gasteiger partial charge in [0.15, 0.2) is 5.60 Å². The molecule has 3 aliphatic heterocycles. The lowest BCUT2D eigenvalue weighted by Crippen LogP contribution is -2.43. The van der Waals surface area contributed by atoms with E-state index in [0.29, 0.717) is 6.54 Å². The second kappa shape index (κ2) is 3.74. The third kappa shape index (κ3) is 1.46. The first-order valence-electron chi connectivity index (χ1n) is 6.89. The van der Waals surface area contributed by atoms with Gasteiger partial charge in [-0.3, -0.25) is 4.79 Å². The molecule has 2 bridgehead atoms. The molecule has 3 heterocycles. The summed E-state index contributed by atoms with van der Waals surface area (Å²) in [5, 5.41) is 0. The van der Waals surface area contributed by atoms with Gasteiger partial charge in [-0.2, -0.15) is 0 Å².